The molecule has 8 nitrogen and oxygen atoms in total. The number of hydrogen-bond acceptors (Lipinski definition) is 6. The van der Waals surface area contributed by atoms with E-state index >= 15 is 0 Å². The minimum absolute atomic E-state index is 0.0910. The molecule has 6 rings (SSSR count). The van der Waals surface area contributed by atoms with Crippen LogP contribution in [0.15, 0.2) is 46.7 Å². The number of amides is 1. The summed E-state index contributed by atoms with van der Waals surface area (Å²) in [6.45, 7) is 4.77. The number of nitrogens with one attached hydrogen (secondary N) is 3. The van der Waals surface area contributed by atoms with E-state index in [1.165, 1.54) is 4.88 Å². The maximum Gasteiger partial charge on any atom is 0.261 e. The highest BCUT2D eigenvalue weighted by Gasteiger charge is 2.34. The SMILES string of the molecule is C[C@@H](Cc1cccs1)Nc1cc[nH]c(=O)c1-c1nc2cc3c(cc2[nH]1)CN(C1CCN(C)CC1)C3=O. The zero-order valence-corrected chi connectivity index (χ0v) is 21.3. The highest BCUT2D eigenvalue weighted by atomic mass is 32.1. The van der Waals surface area contributed by atoms with E-state index in [-0.39, 0.29) is 23.6 Å². The van der Waals surface area contributed by atoms with E-state index < -0.39 is 0 Å². The van der Waals surface area contributed by atoms with E-state index in [0.29, 0.717) is 23.4 Å². The Morgan fingerprint density at radius 2 is 2.06 bits per heavy atom. The summed E-state index contributed by atoms with van der Waals surface area (Å²) in [5, 5.41) is 5.57. The molecular formula is C27H30N6O2S. The first-order valence-corrected chi connectivity index (χ1v) is 13.4. The van der Waals surface area contributed by atoms with Gasteiger partial charge in [-0.05, 0) is 75.1 Å². The fourth-order valence-corrected chi connectivity index (χ4v) is 6.28. The van der Waals surface area contributed by atoms with Crippen LogP contribution in [0, 0.1) is 0 Å². The van der Waals surface area contributed by atoms with E-state index in [1.54, 1.807) is 17.5 Å². The van der Waals surface area contributed by atoms with Crippen LogP contribution in [-0.4, -0.2) is 62.9 Å². The molecule has 5 heterocycles. The molecule has 0 aliphatic carbocycles. The molecule has 4 aromatic rings. The number of hydrogen-bond donors (Lipinski definition) is 3. The first-order valence-electron chi connectivity index (χ1n) is 12.5. The van der Waals surface area contributed by atoms with Gasteiger partial charge in [0, 0.05) is 41.7 Å². The molecule has 1 atom stereocenters. The molecule has 3 N–H and O–H groups in total. The fraction of sp³-hybridized carbons (Fsp3) is 0.370. The number of imidazole rings is 1. The zero-order valence-electron chi connectivity index (χ0n) is 20.5. The van der Waals surface area contributed by atoms with E-state index in [1.807, 2.05) is 23.1 Å². The number of aromatic amines is 2. The summed E-state index contributed by atoms with van der Waals surface area (Å²) in [6, 6.07) is 10.4. The van der Waals surface area contributed by atoms with Crippen LogP contribution in [0.5, 0.6) is 0 Å². The molecule has 2 aliphatic heterocycles. The third-order valence-electron chi connectivity index (χ3n) is 7.35. The molecule has 1 aromatic carbocycles. The van der Waals surface area contributed by atoms with E-state index in [0.717, 1.165) is 54.7 Å². The number of carbonyl (C=O) groups is 1. The molecule has 186 valence electrons. The van der Waals surface area contributed by atoms with E-state index in [2.05, 4.69) is 51.7 Å². The number of rotatable bonds is 6. The van der Waals surface area contributed by atoms with Gasteiger partial charge in [-0.3, -0.25) is 9.59 Å². The molecule has 0 radical (unpaired) electrons. The Morgan fingerprint density at radius 3 is 2.83 bits per heavy atom. The largest absolute Gasteiger partial charge is 0.381 e. The summed E-state index contributed by atoms with van der Waals surface area (Å²) in [5.74, 6) is 0.592. The number of fused-ring (bicyclic) bond motifs is 2. The van der Waals surface area contributed by atoms with Crippen LogP contribution in [0.1, 0.15) is 40.6 Å². The molecule has 1 amide bonds. The molecule has 0 bridgehead atoms. The van der Waals surface area contributed by atoms with E-state index in [9.17, 15) is 9.59 Å². The number of likely N-dealkylation sites (tertiary alicyclic amines) is 1. The van der Waals surface area contributed by atoms with Crippen molar-refractivity contribution >= 4 is 34.0 Å². The van der Waals surface area contributed by atoms with E-state index in [4.69, 9.17) is 4.98 Å². The van der Waals surface area contributed by atoms with Crippen LogP contribution in [0.25, 0.3) is 22.4 Å². The summed E-state index contributed by atoms with van der Waals surface area (Å²) in [4.78, 5) is 42.7. The topological polar surface area (TPSA) is 97.1 Å². The summed E-state index contributed by atoms with van der Waals surface area (Å²) < 4.78 is 0. The molecular weight excluding hydrogens is 472 g/mol. The van der Waals surface area contributed by atoms with Gasteiger partial charge in [-0.25, -0.2) is 4.98 Å². The van der Waals surface area contributed by atoms with Gasteiger partial charge in [-0.1, -0.05) is 6.07 Å². The van der Waals surface area contributed by atoms with Crippen molar-refractivity contribution in [1.82, 2.24) is 24.8 Å². The Bertz CT molecular complexity index is 1470. The lowest BCUT2D eigenvalue weighted by atomic mass is 10.0. The predicted molar refractivity (Wildman–Crippen MR) is 144 cm³/mol. The number of thiophene rings is 1. The molecule has 0 unspecified atom stereocenters. The smallest absolute Gasteiger partial charge is 0.261 e. The normalized spacial score (nSPS) is 17.6. The Kier molecular flexibility index (Phi) is 5.89. The third-order valence-corrected chi connectivity index (χ3v) is 8.25. The maximum absolute atomic E-state index is 13.3. The van der Waals surface area contributed by atoms with Crippen LogP contribution in [0.4, 0.5) is 5.69 Å². The van der Waals surface area contributed by atoms with Crippen molar-refractivity contribution < 1.29 is 4.79 Å². The Balaban J connectivity index is 1.28. The number of H-pyrrole nitrogens is 2. The number of pyridine rings is 1. The first kappa shape index (κ1) is 23.0. The maximum atomic E-state index is 13.3. The summed E-state index contributed by atoms with van der Waals surface area (Å²) in [6.07, 6.45) is 4.54. The lowest BCUT2D eigenvalue weighted by Gasteiger charge is -2.34. The molecule has 36 heavy (non-hydrogen) atoms. The van der Waals surface area contributed by atoms with Gasteiger partial charge >= 0.3 is 0 Å². The standard InChI is InChI=1S/C27H30N6O2S/c1-16(12-19-4-3-11-36-19)29-21-5-8-28-26(34)24(21)25-30-22-13-17-15-33(18-6-9-32(2)10-7-18)27(35)20(17)14-23(22)31-25/h3-5,8,11,13-14,16,18H,6-7,9-10,12,15H2,1-2H3,(H,30,31)(H2,28,29,34)/t16-/m0/s1. The van der Waals surface area contributed by atoms with Crippen molar-refractivity contribution in [3.63, 3.8) is 0 Å². The van der Waals surface area contributed by atoms with Gasteiger partial charge in [0.15, 0.2) is 0 Å². The highest BCUT2D eigenvalue weighted by Crippen LogP contribution is 2.32. The summed E-state index contributed by atoms with van der Waals surface area (Å²) in [7, 11) is 2.13. The van der Waals surface area contributed by atoms with Gasteiger partial charge in [0.05, 0.1) is 16.7 Å². The average molecular weight is 503 g/mol. The van der Waals surface area contributed by atoms with Gasteiger partial charge in [0.2, 0.25) is 0 Å². The quantitative estimate of drug-likeness (QED) is 0.369. The van der Waals surface area contributed by atoms with Crippen molar-refractivity contribution in [2.75, 3.05) is 25.5 Å². The second kappa shape index (κ2) is 9.22. The lowest BCUT2D eigenvalue weighted by molar-refractivity contribution is 0.0617. The highest BCUT2D eigenvalue weighted by molar-refractivity contribution is 7.09. The van der Waals surface area contributed by atoms with Crippen molar-refractivity contribution in [2.45, 2.75) is 44.8 Å². The molecule has 1 fully saturated rings. The van der Waals surface area contributed by atoms with Gasteiger partial charge in [-0.15, -0.1) is 11.3 Å². The number of nitrogens with zero attached hydrogens (tertiary/aromatic N) is 3. The van der Waals surface area contributed by atoms with Crippen LogP contribution < -0.4 is 10.9 Å². The Hall–Kier alpha value is -3.43. The van der Waals surface area contributed by atoms with Crippen LogP contribution in [0.3, 0.4) is 0 Å². The second-order valence-electron chi connectivity index (χ2n) is 10.0. The predicted octanol–water partition coefficient (Wildman–Crippen LogP) is 4.07. The molecule has 0 saturated carbocycles. The third kappa shape index (κ3) is 4.22. The van der Waals surface area contributed by atoms with Crippen LogP contribution in [0.2, 0.25) is 0 Å². The number of piperidine rings is 1. The number of benzene rings is 1. The second-order valence-corrected chi connectivity index (χ2v) is 11.0. The molecule has 1 saturated heterocycles. The molecule has 0 spiro atoms. The number of aromatic nitrogens is 3. The summed E-state index contributed by atoms with van der Waals surface area (Å²) in [5.41, 5.74) is 4.28. The summed E-state index contributed by atoms with van der Waals surface area (Å²) >= 11 is 1.73. The number of anilines is 1. The monoisotopic (exact) mass is 502 g/mol. The van der Waals surface area contributed by atoms with Gasteiger partial charge < -0.3 is 25.1 Å². The fourth-order valence-electron chi connectivity index (χ4n) is 5.44. The average Bonchev–Trinajstić information content (AvgIpc) is 3.58. The molecule has 3 aromatic heterocycles. The van der Waals surface area contributed by atoms with Crippen LogP contribution in [-0.2, 0) is 13.0 Å². The van der Waals surface area contributed by atoms with Crippen LogP contribution >= 0.6 is 11.3 Å². The van der Waals surface area contributed by atoms with Crippen molar-refractivity contribution in [1.29, 1.82) is 0 Å². The van der Waals surface area contributed by atoms with Crippen molar-refractivity contribution in [2.24, 2.45) is 0 Å². The van der Waals surface area contributed by atoms with Gasteiger partial charge in [0.25, 0.3) is 11.5 Å². The lowest BCUT2D eigenvalue weighted by Crippen LogP contribution is -2.43. The van der Waals surface area contributed by atoms with Crippen molar-refractivity contribution in [3.8, 4) is 11.4 Å². The Morgan fingerprint density at radius 1 is 1.22 bits per heavy atom. The molecule has 9 heteroatoms. The Labute approximate surface area is 213 Å². The molecule has 2 aliphatic rings. The van der Waals surface area contributed by atoms with Gasteiger partial charge in [0.1, 0.15) is 11.4 Å². The number of carbonyl (C=O) groups excluding carboxylic acids is 1. The minimum atomic E-state index is -0.209. The first-order chi connectivity index (χ1) is 17.5. The minimum Gasteiger partial charge on any atom is -0.381 e. The van der Waals surface area contributed by atoms with Gasteiger partial charge in [-0.2, -0.15) is 0 Å². The van der Waals surface area contributed by atoms with Crippen molar-refractivity contribution in [3.05, 3.63) is 68.3 Å². The zero-order chi connectivity index (χ0) is 24.8.